The molecule has 0 fully saturated rings. The van der Waals surface area contributed by atoms with Crippen LogP contribution in [0, 0.1) is 19.1 Å². The normalized spacial score (nSPS) is 11.3. The van der Waals surface area contributed by atoms with E-state index < -0.39 is 23.5 Å². The molecule has 0 aliphatic heterocycles. The Morgan fingerprint density at radius 3 is 1.90 bits per heavy atom. The number of benzene rings is 4. The first-order chi connectivity index (χ1) is 24.2. The van der Waals surface area contributed by atoms with E-state index in [1.165, 1.54) is 6.07 Å². The Kier molecular flexibility index (Phi) is 13.2. The Morgan fingerprint density at radius 1 is 0.692 bits per heavy atom. The number of alkyl halides is 6. The van der Waals surface area contributed by atoms with Crippen molar-refractivity contribution >= 4 is 5.69 Å². The molecule has 4 aromatic carbocycles. The second-order valence-electron chi connectivity index (χ2n) is 11.9. The summed E-state index contributed by atoms with van der Waals surface area (Å²) >= 11 is 0. The Morgan fingerprint density at radius 2 is 1.31 bits per heavy atom. The van der Waals surface area contributed by atoms with Gasteiger partial charge in [0, 0.05) is 38.7 Å². The van der Waals surface area contributed by atoms with Crippen LogP contribution in [0.4, 0.5) is 32.0 Å². The van der Waals surface area contributed by atoms with Gasteiger partial charge in [-0.3, -0.25) is 0 Å². The van der Waals surface area contributed by atoms with E-state index in [-0.39, 0.29) is 21.1 Å². The van der Waals surface area contributed by atoms with Gasteiger partial charge in [-0.15, -0.1) is 47.0 Å². The van der Waals surface area contributed by atoms with Crippen molar-refractivity contribution in [1.82, 2.24) is 15.3 Å². The zero-order valence-corrected chi connectivity index (χ0v) is 30.9. The summed E-state index contributed by atoms with van der Waals surface area (Å²) in [5.41, 5.74) is 5.03. The molecule has 2 heterocycles. The van der Waals surface area contributed by atoms with E-state index in [9.17, 15) is 26.3 Å². The molecule has 0 aliphatic carbocycles. The van der Waals surface area contributed by atoms with Gasteiger partial charge in [-0.1, -0.05) is 96.4 Å². The monoisotopic (exact) mass is 891 g/mol. The van der Waals surface area contributed by atoms with Crippen LogP contribution < -0.4 is 10.2 Å². The summed E-state index contributed by atoms with van der Waals surface area (Å²) in [6.45, 7) is 2.18. The second-order valence-corrected chi connectivity index (χ2v) is 11.9. The Labute approximate surface area is 313 Å². The molecule has 0 amide bonds. The molecule has 270 valence electrons. The molecule has 6 rings (SSSR count). The van der Waals surface area contributed by atoms with Crippen molar-refractivity contribution in [2.24, 2.45) is 0 Å². The summed E-state index contributed by atoms with van der Waals surface area (Å²) in [6.07, 6.45) is -5.70. The zero-order valence-electron chi connectivity index (χ0n) is 28.6. The van der Waals surface area contributed by atoms with Crippen LogP contribution in [-0.2, 0) is 40.0 Å². The third-order valence-electron chi connectivity index (χ3n) is 7.85. The third kappa shape index (κ3) is 9.96. The maximum absolute atomic E-state index is 13.9. The molecule has 0 unspecified atom stereocenters. The predicted octanol–water partition coefficient (Wildman–Crippen LogP) is 10.6. The molecule has 0 radical (unpaired) electrons. The van der Waals surface area contributed by atoms with Gasteiger partial charge in [0.15, 0.2) is 0 Å². The van der Waals surface area contributed by atoms with E-state index >= 15 is 0 Å². The van der Waals surface area contributed by atoms with E-state index in [4.69, 9.17) is 0 Å². The van der Waals surface area contributed by atoms with Crippen molar-refractivity contribution in [3.8, 4) is 44.8 Å². The van der Waals surface area contributed by atoms with Crippen LogP contribution in [0.3, 0.4) is 0 Å². The molecular formula is C41H34F6N4Pt. The van der Waals surface area contributed by atoms with Crippen LogP contribution in [-0.4, -0.2) is 31.1 Å². The van der Waals surface area contributed by atoms with E-state index in [1.807, 2.05) is 98.8 Å². The van der Waals surface area contributed by atoms with E-state index in [0.717, 1.165) is 28.9 Å². The van der Waals surface area contributed by atoms with E-state index in [2.05, 4.69) is 27.4 Å². The summed E-state index contributed by atoms with van der Waals surface area (Å²) in [5, 5.41) is 3.06. The van der Waals surface area contributed by atoms with E-state index in [1.54, 1.807) is 31.5 Å². The van der Waals surface area contributed by atoms with Gasteiger partial charge in [-0.05, 0) is 52.8 Å². The molecule has 0 saturated carbocycles. The first kappa shape index (κ1) is 40.0. The average molecular weight is 892 g/mol. The quantitative estimate of drug-likeness (QED) is 0.128. The average Bonchev–Trinajstić information content (AvgIpc) is 3.11. The fraction of sp³-hybridized carbons (Fsp3) is 0.171. The summed E-state index contributed by atoms with van der Waals surface area (Å²) in [5.74, 6) is 0. The maximum atomic E-state index is 13.9. The predicted molar refractivity (Wildman–Crippen MR) is 190 cm³/mol. The standard InChI is InChI=1S/C26H20F3N2.C15H14F3N2.Pt/c1-30-17-18-12-13-31-24(14-18)23-16-21(26(27,28)29)15-22(19-8-4-2-5-9-19)25(23)20-10-6-3-7-11-20;1-10-6-11(8-12(7-10)15(16,17)18)14-9-13(20(2)3)4-5-19-14;/h2-15,30H,17H2,1H3;4-5,7-9H,1-3H3;/q2*-1;+2. The van der Waals surface area contributed by atoms with Gasteiger partial charge < -0.3 is 20.2 Å². The van der Waals surface area contributed by atoms with Crippen molar-refractivity contribution in [3.05, 3.63) is 150 Å². The Hall–Kier alpha value is -4.79. The summed E-state index contributed by atoms with van der Waals surface area (Å²) in [7, 11) is 5.54. The third-order valence-corrected chi connectivity index (χ3v) is 7.85. The first-order valence-corrected chi connectivity index (χ1v) is 15.9. The minimum Gasteiger partial charge on any atom is -0.378 e. The van der Waals surface area contributed by atoms with Gasteiger partial charge >= 0.3 is 33.4 Å². The van der Waals surface area contributed by atoms with Gasteiger partial charge in [-0.2, -0.15) is 26.3 Å². The van der Waals surface area contributed by atoms with Gasteiger partial charge in [0.25, 0.3) is 0 Å². The van der Waals surface area contributed by atoms with Crippen LogP contribution in [0.1, 0.15) is 22.3 Å². The number of aromatic nitrogens is 2. The molecule has 0 aliphatic rings. The molecule has 1 N–H and O–H groups in total. The van der Waals surface area contributed by atoms with Crippen LogP contribution in [0.5, 0.6) is 0 Å². The Balaban J connectivity index is 0.000000250. The van der Waals surface area contributed by atoms with Gasteiger partial charge in [0.1, 0.15) is 0 Å². The molecule has 0 saturated heterocycles. The molecule has 2 aromatic heterocycles. The van der Waals surface area contributed by atoms with Gasteiger partial charge in [0.05, 0.1) is 0 Å². The van der Waals surface area contributed by atoms with Gasteiger partial charge in [0.2, 0.25) is 0 Å². The first-order valence-electron chi connectivity index (χ1n) is 15.9. The topological polar surface area (TPSA) is 41.1 Å². The minimum atomic E-state index is -4.53. The van der Waals surface area contributed by atoms with Crippen molar-refractivity contribution in [2.45, 2.75) is 25.8 Å². The minimum absolute atomic E-state index is 0. The number of halogens is 6. The largest absolute Gasteiger partial charge is 2.00 e. The number of rotatable bonds is 7. The van der Waals surface area contributed by atoms with Crippen LogP contribution in [0.2, 0.25) is 0 Å². The van der Waals surface area contributed by atoms with Gasteiger partial charge in [-0.25, -0.2) is 0 Å². The Bertz CT molecular complexity index is 2080. The second kappa shape index (κ2) is 17.1. The summed E-state index contributed by atoms with van der Waals surface area (Å²) in [6, 6.07) is 34.6. The number of hydrogen-bond donors (Lipinski definition) is 1. The molecule has 0 spiro atoms. The maximum Gasteiger partial charge on any atom is 2.00 e. The smallest absolute Gasteiger partial charge is 0.378 e. The fourth-order valence-corrected chi connectivity index (χ4v) is 5.47. The SMILES string of the molecule is CNCc1ccnc(-c2[c-]c(C(F)(F)F)cc(-c3ccccc3)c2-c2ccccc2)c1.Cc1[c-]c(-c2cc(N(C)C)ccn2)cc(C(F)(F)F)c1.[Pt+2]. The molecule has 52 heavy (non-hydrogen) atoms. The number of aryl methyl sites for hydroxylation is 1. The molecule has 4 nitrogen and oxygen atoms in total. The molecule has 11 heteroatoms. The van der Waals surface area contributed by atoms with Crippen LogP contribution in [0.15, 0.2) is 116 Å². The number of nitrogens with zero attached hydrogens (tertiary/aromatic N) is 3. The van der Waals surface area contributed by atoms with E-state index in [0.29, 0.717) is 51.3 Å². The zero-order chi connectivity index (χ0) is 36.8. The van der Waals surface area contributed by atoms with Crippen molar-refractivity contribution in [2.75, 3.05) is 26.0 Å². The molecule has 0 atom stereocenters. The van der Waals surface area contributed by atoms with Crippen molar-refractivity contribution < 1.29 is 47.4 Å². The summed E-state index contributed by atoms with van der Waals surface area (Å²) in [4.78, 5) is 10.4. The van der Waals surface area contributed by atoms with Crippen LogP contribution in [0.25, 0.3) is 44.8 Å². The number of anilines is 1. The number of pyridine rings is 2. The molecule has 6 aromatic rings. The molecule has 0 bridgehead atoms. The fourth-order valence-electron chi connectivity index (χ4n) is 5.47. The number of hydrogen-bond acceptors (Lipinski definition) is 4. The summed E-state index contributed by atoms with van der Waals surface area (Å²) < 4.78 is 80.0. The number of nitrogens with one attached hydrogen (secondary N) is 1. The molecular weight excluding hydrogens is 858 g/mol. The van der Waals surface area contributed by atoms with Crippen molar-refractivity contribution in [1.29, 1.82) is 0 Å². The van der Waals surface area contributed by atoms with Crippen molar-refractivity contribution in [3.63, 3.8) is 0 Å². The van der Waals surface area contributed by atoms with Crippen LogP contribution >= 0.6 is 0 Å².